The SMILES string of the molecule is CCOC(=O)C1=C2CCC(=O)CCC2=C(C(=O)OCC)C1=[N+]=[N-]. The van der Waals surface area contributed by atoms with Crippen molar-refractivity contribution in [1.82, 2.24) is 0 Å². The lowest BCUT2D eigenvalue weighted by molar-refractivity contribution is -0.138. The summed E-state index contributed by atoms with van der Waals surface area (Å²) in [6.07, 6.45) is 1.17. The molecule has 2 aliphatic rings. The monoisotopic (exact) mass is 318 g/mol. The predicted octanol–water partition coefficient (Wildman–Crippen LogP) is 1.53. The maximum atomic E-state index is 12.3. The summed E-state index contributed by atoms with van der Waals surface area (Å²) in [5, 5.41) is 0. The van der Waals surface area contributed by atoms with E-state index in [9.17, 15) is 19.9 Å². The van der Waals surface area contributed by atoms with Gasteiger partial charge in [-0.2, -0.15) is 4.79 Å². The minimum atomic E-state index is -0.665. The number of fused-ring (bicyclic) bond motifs is 1. The van der Waals surface area contributed by atoms with Gasteiger partial charge in [0.15, 0.2) is 11.1 Å². The number of ketones is 1. The number of hydrogen-bond donors (Lipinski definition) is 0. The van der Waals surface area contributed by atoms with E-state index in [0.717, 1.165) is 0 Å². The molecule has 0 aromatic rings. The van der Waals surface area contributed by atoms with Gasteiger partial charge in [-0.25, -0.2) is 9.59 Å². The van der Waals surface area contributed by atoms with E-state index in [0.29, 0.717) is 24.0 Å². The Morgan fingerprint density at radius 3 is 1.74 bits per heavy atom. The lowest BCUT2D eigenvalue weighted by atomic mass is 10.0. The molecule has 0 bridgehead atoms. The van der Waals surface area contributed by atoms with E-state index in [2.05, 4.69) is 4.79 Å². The van der Waals surface area contributed by atoms with Gasteiger partial charge < -0.3 is 15.0 Å². The van der Waals surface area contributed by atoms with Crippen LogP contribution in [0.15, 0.2) is 22.3 Å². The Morgan fingerprint density at radius 1 is 0.957 bits per heavy atom. The van der Waals surface area contributed by atoms with Gasteiger partial charge in [0.2, 0.25) is 0 Å². The minimum Gasteiger partial charge on any atom is -0.462 e. The molecule has 0 atom stereocenters. The van der Waals surface area contributed by atoms with Crippen LogP contribution < -0.4 is 0 Å². The van der Waals surface area contributed by atoms with Crippen molar-refractivity contribution < 1.29 is 28.6 Å². The number of carbonyl (C=O) groups is 3. The number of rotatable bonds is 4. The van der Waals surface area contributed by atoms with Gasteiger partial charge >= 0.3 is 17.7 Å². The number of nitrogens with zero attached hydrogens (tertiary/aromatic N) is 2. The lowest BCUT2D eigenvalue weighted by Gasteiger charge is -2.05. The molecule has 0 N–H and O–H groups in total. The van der Waals surface area contributed by atoms with Crippen molar-refractivity contribution >= 4 is 23.4 Å². The normalized spacial score (nSPS) is 17.7. The molecule has 2 rings (SSSR count). The molecule has 0 aliphatic heterocycles. The third kappa shape index (κ3) is 3.14. The predicted molar refractivity (Wildman–Crippen MR) is 79.4 cm³/mol. The fourth-order valence-corrected chi connectivity index (χ4v) is 2.86. The summed E-state index contributed by atoms with van der Waals surface area (Å²) >= 11 is 0. The van der Waals surface area contributed by atoms with Gasteiger partial charge in [0.25, 0.3) is 0 Å². The Morgan fingerprint density at radius 2 is 1.39 bits per heavy atom. The van der Waals surface area contributed by atoms with Crippen LogP contribution in [0, 0.1) is 0 Å². The first-order chi connectivity index (χ1) is 11.0. The molecule has 0 radical (unpaired) electrons. The Bertz CT molecular complexity index is 631. The highest BCUT2D eigenvalue weighted by atomic mass is 16.5. The molecule has 1 fully saturated rings. The van der Waals surface area contributed by atoms with Crippen molar-refractivity contribution in [2.24, 2.45) is 0 Å². The Hall–Kier alpha value is -2.53. The van der Waals surface area contributed by atoms with Gasteiger partial charge in [0, 0.05) is 12.8 Å². The Labute approximate surface area is 133 Å². The molecule has 0 aromatic heterocycles. The molecule has 2 aliphatic carbocycles. The van der Waals surface area contributed by atoms with Crippen LogP contribution in [0.2, 0.25) is 0 Å². The fourth-order valence-electron chi connectivity index (χ4n) is 2.86. The average Bonchev–Trinajstić information content (AvgIpc) is 2.73. The van der Waals surface area contributed by atoms with Crippen molar-refractivity contribution in [1.29, 1.82) is 0 Å². The fraction of sp³-hybridized carbons (Fsp3) is 0.500. The molecule has 23 heavy (non-hydrogen) atoms. The minimum absolute atomic E-state index is 0.0575. The zero-order valence-electron chi connectivity index (χ0n) is 13.2. The van der Waals surface area contributed by atoms with E-state index in [1.165, 1.54) is 0 Å². The second kappa shape index (κ2) is 7.15. The van der Waals surface area contributed by atoms with Crippen LogP contribution in [0.1, 0.15) is 39.5 Å². The first-order valence-corrected chi connectivity index (χ1v) is 7.60. The molecule has 0 saturated heterocycles. The van der Waals surface area contributed by atoms with Gasteiger partial charge in [-0.3, -0.25) is 4.79 Å². The third-order valence-corrected chi connectivity index (χ3v) is 3.81. The van der Waals surface area contributed by atoms with Crippen LogP contribution in [0.4, 0.5) is 0 Å². The molecule has 0 amide bonds. The zero-order chi connectivity index (χ0) is 17.0. The zero-order valence-corrected chi connectivity index (χ0v) is 13.2. The first-order valence-electron chi connectivity index (χ1n) is 7.60. The van der Waals surface area contributed by atoms with Crippen LogP contribution in [-0.2, 0) is 23.9 Å². The van der Waals surface area contributed by atoms with Crippen molar-refractivity contribution in [3.05, 3.63) is 27.8 Å². The van der Waals surface area contributed by atoms with Crippen LogP contribution in [0.25, 0.3) is 5.53 Å². The van der Waals surface area contributed by atoms with E-state index in [1.807, 2.05) is 0 Å². The second-order valence-electron chi connectivity index (χ2n) is 5.14. The Kier molecular flexibility index (Phi) is 5.24. The van der Waals surface area contributed by atoms with E-state index < -0.39 is 11.9 Å². The molecule has 7 nitrogen and oxygen atoms in total. The van der Waals surface area contributed by atoms with Crippen LogP contribution >= 0.6 is 0 Å². The van der Waals surface area contributed by atoms with Crippen LogP contribution in [0.3, 0.4) is 0 Å². The highest BCUT2D eigenvalue weighted by Crippen LogP contribution is 2.38. The first kappa shape index (κ1) is 16.8. The largest absolute Gasteiger partial charge is 0.462 e. The van der Waals surface area contributed by atoms with Gasteiger partial charge in [-0.05, 0) is 37.8 Å². The number of allylic oxidation sites excluding steroid dienone is 2. The maximum Gasteiger partial charge on any atom is 0.346 e. The summed E-state index contributed by atoms with van der Waals surface area (Å²) in [6, 6.07) is 0. The number of esters is 2. The summed E-state index contributed by atoms with van der Waals surface area (Å²) in [7, 11) is 0. The summed E-state index contributed by atoms with van der Waals surface area (Å²) in [4.78, 5) is 39.4. The van der Waals surface area contributed by atoms with Crippen molar-refractivity contribution in [3.8, 4) is 0 Å². The van der Waals surface area contributed by atoms with Crippen molar-refractivity contribution in [3.63, 3.8) is 0 Å². The average molecular weight is 318 g/mol. The van der Waals surface area contributed by atoms with Gasteiger partial charge in [-0.15, -0.1) is 0 Å². The molecule has 1 saturated carbocycles. The van der Waals surface area contributed by atoms with E-state index in [1.54, 1.807) is 13.8 Å². The highest BCUT2D eigenvalue weighted by Gasteiger charge is 2.45. The molecular formula is C16H18N2O5. The number of hydrogen-bond acceptors (Lipinski definition) is 5. The molecular weight excluding hydrogens is 300 g/mol. The van der Waals surface area contributed by atoms with Crippen molar-refractivity contribution in [2.75, 3.05) is 13.2 Å². The lowest BCUT2D eigenvalue weighted by Crippen LogP contribution is -2.21. The number of Topliss-reactive ketones (excluding diaryl/α,β-unsaturated/α-hetero) is 1. The summed E-state index contributed by atoms with van der Waals surface area (Å²) in [6.45, 7) is 3.62. The van der Waals surface area contributed by atoms with Gasteiger partial charge in [-0.1, -0.05) is 0 Å². The molecule has 0 aromatic carbocycles. The van der Waals surface area contributed by atoms with Crippen LogP contribution in [0.5, 0.6) is 0 Å². The quantitative estimate of drug-likeness (QED) is 0.444. The van der Waals surface area contributed by atoms with E-state index in [-0.39, 0.29) is 48.7 Å². The van der Waals surface area contributed by atoms with E-state index in [4.69, 9.17) is 9.47 Å². The third-order valence-electron chi connectivity index (χ3n) is 3.81. The highest BCUT2D eigenvalue weighted by molar-refractivity contribution is 6.36. The van der Waals surface area contributed by atoms with Crippen molar-refractivity contribution in [2.45, 2.75) is 39.5 Å². The molecule has 7 heteroatoms. The summed E-state index contributed by atoms with van der Waals surface area (Å²) in [5.74, 6) is -1.27. The standard InChI is InChI=1S/C16H18N2O5/c1-3-22-15(20)12-10-7-5-9(19)6-8-11(10)13(14(12)18-17)16(21)23-4-2/h3-8H2,1-2H3. The molecule has 0 unspecified atom stereocenters. The topological polar surface area (TPSA) is 106 Å². The van der Waals surface area contributed by atoms with Crippen LogP contribution in [-0.4, -0.2) is 41.4 Å². The second-order valence-corrected chi connectivity index (χ2v) is 5.14. The molecule has 122 valence electrons. The maximum absolute atomic E-state index is 12.3. The molecule has 0 heterocycles. The smallest absolute Gasteiger partial charge is 0.346 e. The molecule has 0 spiro atoms. The number of carbonyl (C=O) groups excluding carboxylic acids is 3. The van der Waals surface area contributed by atoms with E-state index >= 15 is 0 Å². The number of ether oxygens (including phenoxy) is 2. The van der Waals surface area contributed by atoms with Gasteiger partial charge in [0.1, 0.15) is 5.78 Å². The van der Waals surface area contributed by atoms with Gasteiger partial charge in [0.05, 0.1) is 13.2 Å². The summed E-state index contributed by atoms with van der Waals surface area (Å²) in [5.41, 5.74) is 10.4. The summed E-state index contributed by atoms with van der Waals surface area (Å²) < 4.78 is 10.0. The Balaban J connectivity index is 2.59.